The van der Waals surface area contributed by atoms with E-state index in [2.05, 4.69) is 198 Å². The standard InChI is InChI=1S/C15H17N.C15H16S.C14H14S/c2*1-15(2)11-7-6-10-14(12-15)16-13-8-4-3-5-9-13;1-12(13-8-4-2-5-9-13)15-14-10-6-3-7-11-14/h3-12,16H,1-2H3;3-12H,1-2H3;2-12H,1H3. The zero-order valence-corrected chi connectivity index (χ0v) is 29.8. The lowest BCUT2D eigenvalue weighted by molar-refractivity contribution is 0.624. The second kappa shape index (κ2) is 18.2. The minimum atomic E-state index is 0.0978. The lowest BCUT2D eigenvalue weighted by atomic mass is 9.92. The van der Waals surface area contributed by atoms with Gasteiger partial charge in [0.2, 0.25) is 0 Å². The van der Waals surface area contributed by atoms with Gasteiger partial charge in [0.15, 0.2) is 0 Å². The molecule has 2 aliphatic rings. The first-order valence-corrected chi connectivity index (χ1v) is 17.9. The first kappa shape index (κ1) is 35.7. The number of benzene rings is 4. The van der Waals surface area contributed by atoms with E-state index in [4.69, 9.17) is 0 Å². The lowest BCUT2D eigenvalue weighted by Gasteiger charge is -2.16. The molecule has 3 heteroatoms. The van der Waals surface area contributed by atoms with Gasteiger partial charge in [0.1, 0.15) is 0 Å². The van der Waals surface area contributed by atoms with Gasteiger partial charge in [-0.05, 0) is 61.0 Å². The number of allylic oxidation sites excluding steroid dienone is 10. The van der Waals surface area contributed by atoms with Crippen LogP contribution < -0.4 is 5.32 Å². The molecule has 6 rings (SSSR count). The van der Waals surface area contributed by atoms with Gasteiger partial charge in [-0.3, -0.25) is 0 Å². The highest BCUT2D eigenvalue weighted by atomic mass is 32.2. The van der Waals surface area contributed by atoms with Crippen LogP contribution in [0.5, 0.6) is 0 Å². The molecule has 0 radical (unpaired) electrons. The fourth-order valence-electron chi connectivity index (χ4n) is 4.83. The third-order valence-electron chi connectivity index (χ3n) is 7.22. The van der Waals surface area contributed by atoms with Crippen LogP contribution in [0.2, 0.25) is 0 Å². The highest BCUT2D eigenvalue weighted by Crippen LogP contribution is 2.35. The van der Waals surface area contributed by atoms with Crippen LogP contribution in [-0.4, -0.2) is 0 Å². The number of hydrogen-bond acceptors (Lipinski definition) is 3. The summed E-state index contributed by atoms with van der Waals surface area (Å²) in [5, 5.41) is 3.92. The highest BCUT2D eigenvalue weighted by Gasteiger charge is 2.13. The van der Waals surface area contributed by atoms with E-state index >= 15 is 0 Å². The minimum Gasteiger partial charge on any atom is -0.356 e. The van der Waals surface area contributed by atoms with Crippen molar-refractivity contribution in [3.05, 3.63) is 198 Å². The van der Waals surface area contributed by atoms with Gasteiger partial charge in [0.05, 0.1) is 0 Å². The van der Waals surface area contributed by atoms with Gasteiger partial charge in [0.25, 0.3) is 0 Å². The Morgan fingerprint density at radius 3 is 1.62 bits per heavy atom. The molecular weight excluding hydrogens is 607 g/mol. The summed E-state index contributed by atoms with van der Waals surface area (Å²) in [5.41, 5.74) is 3.88. The van der Waals surface area contributed by atoms with E-state index in [9.17, 15) is 0 Å². The van der Waals surface area contributed by atoms with Gasteiger partial charge < -0.3 is 5.32 Å². The zero-order chi connectivity index (χ0) is 33.4. The van der Waals surface area contributed by atoms with Crippen molar-refractivity contribution in [1.82, 2.24) is 0 Å². The predicted octanol–water partition coefficient (Wildman–Crippen LogP) is 13.5. The van der Waals surface area contributed by atoms with Crippen molar-refractivity contribution in [3.8, 4) is 0 Å². The Balaban J connectivity index is 0.000000160. The highest BCUT2D eigenvalue weighted by molar-refractivity contribution is 8.03. The van der Waals surface area contributed by atoms with E-state index in [1.54, 1.807) is 0 Å². The molecule has 0 fully saturated rings. The molecule has 1 N–H and O–H groups in total. The van der Waals surface area contributed by atoms with Gasteiger partial charge in [0, 0.05) is 42.2 Å². The van der Waals surface area contributed by atoms with Crippen LogP contribution in [0.1, 0.15) is 45.4 Å². The van der Waals surface area contributed by atoms with Gasteiger partial charge in [-0.15, -0.1) is 11.8 Å². The van der Waals surface area contributed by atoms with E-state index in [-0.39, 0.29) is 10.8 Å². The number of anilines is 1. The summed E-state index contributed by atoms with van der Waals surface area (Å²) < 4.78 is 0. The fourth-order valence-corrected chi connectivity index (χ4v) is 6.92. The summed E-state index contributed by atoms with van der Waals surface area (Å²) in [4.78, 5) is 3.92. The Kier molecular flexibility index (Phi) is 13.8. The molecule has 1 nitrogen and oxygen atoms in total. The first-order valence-electron chi connectivity index (χ1n) is 16.2. The van der Waals surface area contributed by atoms with Gasteiger partial charge >= 0.3 is 0 Å². The van der Waals surface area contributed by atoms with Crippen molar-refractivity contribution in [2.24, 2.45) is 10.8 Å². The maximum atomic E-state index is 3.41. The van der Waals surface area contributed by atoms with Crippen LogP contribution in [0.15, 0.2) is 202 Å². The fraction of sp³-hybridized carbons (Fsp3) is 0.182. The predicted molar refractivity (Wildman–Crippen MR) is 210 cm³/mol. The monoisotopic (exact) mass is 653 g/mol. The molecular formula is C44H47NS2. The third kappa shape index (κ3) is 13.6. The molecule has 0 spiro atoms. The summed E-state index contributed by atoms with van der Waals surface area (Å²) >= 11 is 3.71. The van der Waals surface area contributed by atoms with E-state index < -0.39 is 0 Å². The maximum Gasteiger partial charge on any atom is 0.0384 e. The van der Waals surface area contributed by atoms with Crippen molar-refractivity contribution in [2.75, 3.05) is 5.32 Å². The topological polar surface area (TPSA) is 12.0 Å². The third-order valence-corrected chi connectivity index (χ3v) is 9.39. The van der Waals surface area contributed by atoms with E-state index in [0.717, 1.165) is 11.4 Å². The smallest absolute Gasteiger partial charge is 0.0384 e. The average Bonchev–Trinajstić information content (AvgIpc) is 3.35. The number of para-hydroxylation sites is 1. The van der Waals surface area contributed by atoms with Crippen LogP contribution in [0.3, 0.4) is 0 Å². The van der Waals surface area contributed by atoms with Crippen molar-refractivity contribution < 1.29 is 0 Å². The molecule has 1 unspecified atom stereocenters. The quantitative estimate of drug-likeness (QED) is 0.199. The van der Waals surface area contributed by atoms with E-state index in [1.807, 2.05) is 47.8 Å². The molecule has 2 aliphatic carbocycles. The van der Waals surface area contributed by atoms with Crippen LogP contribution in [0.25, 0.3) is 0 Å². The molecule has 0 saturated heterocycles. The van der Waals surface area contributed by atoms with Crippen LogP contribution >= 0.6 is 23.5 Å². The summed E-state index contributed by atoms with van der Waals surface area (Å²) in [5.74, 6) is 0. The lowest BCUT2D eigenvalue weighted by Crippen LogP contribution is -2.06. The van der Waals surface area contributed by atoms with Crippen LogP contribution in [0.4, 0.5) is 5.69 Å². The van der Waals surface area contributed by atoms with Crippen LogP contribution in [0, 0.1) is 10.8 Å². The first-order chi connectivity index (χ1) is 22.7. The number of rotatable bonds is 7. The maximum absolute atomic E-state index is 3.41. The molecule has 0 bridgehead atoms. The Morgan fingerprint density at radius 1 is 0.532 bits per heavy atom. The van der Waals surface area contributed by atoms with E-state index in [0.29, 0.717) is 5.25 Å². The Hall–Kier alpha value is -4.18. The SMILES string of the molecule is CC(Sc1ccccc1)c1ccccc1.CC1(C)C=CC=CC(Nc2ccccc2)=C1.CC1(C)C=CC=CC(Sc2ccccc2)=C1. The molecule has 0 aliphatic heterocycles. The molecule has 4 aromatic carbocycles. The number of thioether (sulfide) groups is 2. The molecule has 0 amide bonds. The normalized spacial score (nSPS) is 16.1. The molecule has 0 aromatic heterocycles. The summed E-state index contributed by atoms with van der Waals surface area (Å²) in [6.45, 7) is 11.1. The Labute approximate surface area is 292 Å². The zero-order valence-electron chi connectivity index (χ0n) is 28.2. The van der Waals surface area contributed by atoms with Crippen molar-refractivity contribution in [2.45, 2.75) is 49.7 Å². The minimum absolute atomic E-state index is 0.0978. The van der Waals surface area contributed by atoms with Gasteiger partial charge in [-0.25, -0.2) is 0 Å². The summed E-state index contributed by atoms with van der Waals surface area (Å²) in [7, 11) is 0. The molecule has 4 aromatic rings. The molecule has 240 valence electrons. The summed E-state index contributed by atoms with van der Waals surface area (Å²) in [6.07, 6.45) is 21.6. The summed E-state index contributed by atoms with van der Waals surface area (Å²) in [6, 6.07) is 41.9. The molecule has 1 atom stereocenters. The molecule has 0 heterocycles. The average molecular weight is 654 g/mol. The number of hydrogen-bond donors (Lipinski definition) is 1. The largest absolute Gasteiger partial charge is 0.356 e. The second-order valence-electron chi connectivity index (χ2n) is 12.6. The van der Waals surface area contributed by atoms with Gasteiger partial charge in [-0.2, -0.15) is 0 Å². The Bertz CT molecular complexity index is 1590. The van der Waals surface area contributed by atoms with Gasteiger partial charge in [-0.1, -0.05) is 173 Å². The second-order valence-corrected chi connectivity index (χ2v) is 15.2. The number of nitrogens with one attached hydrogen (secondary N) is 1. The van der Waals surface area contributed by atoms with Crippen molar-refractivity contribution >= 4 is 29.2 Å². The van der Waals surface area contributed by atoms with E-state index in [1.165, 1.54) is 20.3 Å². The molecule has 0 saturated carbocycles. The Morgan fingerprint density at radius 2 is 1.02 bits per heavy atom. The molecule has 47 heavy (non-hydrogen) atoms. The van der Waals surface area contributed by atoms with Crippen molar-refractivity contribution in [1.29, 1.82) is 0 Å². The van der Waals surface area contributed by atoms with Crippen LogP contribution in [-0.2, 0) is 0 Å². The van der Waals surface area contributed by atoms with Crippen molar-refractivity contribution in [3.63, 3.8) is 0 Å².